The lowest BCUT2D eigenvalue weighted by Crippen LogP contribution is -2.51. The third-order valence-electron chi connectivity index (χ3n) is 6.99. The second kappa shape index (κ2) is 13.1. The molecule has 7 nitrogen and oxygen atoms in total. The normalized spacial score (nSPS) is 12.2. The first-order valence-corrected chi connectivity index (χ1v) is 15.0. The first-order valence-electron chi connectivity index (χ1n) is 13.6. The molecule has 3 aromatic carbocycles. The molecule has 40 heavy (non-hydrogen) atoms. The molecule has 0 bridgehead atoms. The van der Waals surface area contributed by atoms with Gasteiger partial charge in [-0.2, -0.15) is 0 Å². The molecule has 214 valence electrons. The van der Waals surface area contributed by atoms with Crippen LogP contribution in [0.25, 0.3) is 0 Å². The maximum absolute atomic E-state index is 14.0. The fraction of sp³-hybridized carbons (Fsp3) is 0.375. The number of rotatable bonds is 11. The SMILES string of the molecule is Cc1ccc(CN(C(=O)CN(c2ccc(C)c(C)c2)S(=O)(=O)c2ccc(C)cc2)[C@H](C)C(=O)NCC(C)C)cc1. The van der Waals surface area contributed by atoms with Crippen LogP contribution in [-0.4, -0.2) is 44.3 Å². The Morgan fingerprint density at radius 1 is 0.800 bits per heavy atom. The van der Waals surface area contributed by atoms with Crippen molar-refractivity contribution in [2.45, 2.75) is 65.9 Å². The molecule has 0 saturated heterocycles. The van der Waals surface area contributed by atoms with Crippen molar-refractivity contribution in [3.05, 3.63) is 94.5 Å². The minimum Gasteiger partial charge on any atom is -0.354 e. The van der Waals surface area contributed by atoms with Crippen LogP contribution in [0.3, 0.4) is 0 Å². The number of amides is 2. The monoisotopic (exact) mass is 563 g/mol. The molecule has 1 atom stereocenters. The Labute approximate surface area is 239 Å². The van der Waals surface area contributed by atoms with Crippen molar-refractivity contribution in [1.29, 1.82) is 0 Å². The average molecular weight is 564 g/mol. The zero-order valence-electron chi connectivity index (χ0n) is 24.6. The lowest BCUT2D eigenvalue weighted by atomic mass is 10.1. The Morgan fingerprint density at radius 3 is 1.93 bits per heavy atom. The van der Waals surface area contributed by atoms with Gasteiger partial charge >= 0.3 is 0 Å². The van der Waals surface area contributed by atoms with Crippen LogP contribution in [0.2, 0.25) is 0 Å². The molecule has 0 aliphatic heterocycles. The molecular weight excluding hydrogens is 522 g/mol. The number of aryl methyl sites for hydroxylation is 4. The molecule has 1 N–H and O–H groups in total. The van der Waals surface area contributed by atoms with E-state index in [1.807, 2.05) is 71.9 Å². The molecule has 0 aliphatic carbocycles. The van der Waals surface area contributed by atoms with E-state index in [1.165, 1.54) is 4.90 Å². The first-order chi connectivity index (χ1) is 18.8. The number of carbonyl (C=O) groups is 2. The van der Waals surface area contributed by atoms with E-state index in [4.69, 9.17) is 0 Å². The standard InChI is InChI=1S/C32H41N3O4S/c1-22(2)19-33-32(37)27(7)34(20-28-13-8-23(3)9-14-28)31(36)21-35(29-15-12-25(5)26(6)18-29)40(38,39)30-16-10-24(4)11-17-30/h8-18,22,27H,19-21H2,1-7H3,(H,33,37)/t27-/m1/s1. The molecule has 2 amide bonds. The third-order valence-corrected chi connectivity index (χ3v) is 8.78. The fourth-order valence-corrected chi connectivity index (χ4v) is 5.58. The quantitative estimate of drug-likeness (QED) is 0.343. The fourth-order valence-electron chi connectivity index (χ4n) is 4.17. The van der Waals surface area contributed by atoms with E-state index in [0.717, 1.165) is 32.1 Å². The summed E-state index contributed by atoms with van der Waals surface area (Å²) in [7, 11) is -4.09. The summed E-state index contributed by atoms with van der Waals surface area (Å²) < 4.78 is 29.0. The summed E-state index contributed by atoms with van der Waals surface area (Å²) in [5.41, 5.74) is 5.17. The summed E-state index contributed by atoms with van der Waals surface area (Å²) in [5, 5.41) is 2.91. The highest BCUT2D eigenvalue weighted by atomic mass is 32.2. The predicted molar refractivity (Wildman–Crippen MR) is 161 cm³/mol. The zero-order chi connectivity index (χ0) is 29.6. The van der Waals surface area contributed by atoms with E-state index in [2.05, 4.69) is 5.32 Å². The van der Waals surface area contributed by atoms with Gasteiger partial charge < -0.3 is 10.2 Å². The number of sulfonamides is 1. The van der Waals surface area contributed by atoms with Crippen molar-refractivity contribution in [1.82, 2.24) is 10.2 Å². The highest BCUT2D eigenvalue weighted by Gasteiger charge is 2.32. The van der Waals surface area contributed by atoms with Gasteiger partial charge in [-0.3, -0.25) is 13.9 Å². The van der Waals surface area contributed by atoms with Gasteiger partial charge in [-0.15, -0.1) is 0 Å². The van der Waals surface area contributed by atoms with Crippen molar-refractivity contribution < 1.29 is 18.0 Å². The van der Waals surface area contributed by atoms with Crippen LogP contribution in [-0.2, 0) is 26.2 Å². The van der Waals surface area contributed by atoms with Gasteiger partial charge in [0.2, 0.25) is 11.8 Å². The van der Waals surface area contributed by atoms with Gasteiger partial charge in [0.15, 0.2) is 0 Å². The van der Waals surface area contributed by atoms with Gasteiger partial charge in [0, 0.05) is 13.1 Å². The van der Waals surface area contributed by atoms with Gasteiger partial charge in [0.1, 0.15) is 12.6 Å². The maximum Gasteiger partial charge on any atom is 0.264 e. The van der Waals surface area contributed by atoms with Gasteiger partial charge in [-0.1, -0.05) is 67.4 Å². The van der Waals surface area contributed by atoms with Crippen molar-refractivity contribution in [2.24, 2.45) is 5.92 Å². The zero-order valence-corrected chi connectivity index (χ0v) is 25.4. The molecule has 3 aromatic rings. The van der Waals surface area contributed by atoms with Crippen LogP contribution in [0, 0.1) is 33.6 Å². The minimum absolute atomic E-state index is 0.0944. The van der Waals surface area contributed by atoms with E-state index in [1.54, 1.807) is 43.3 Å². The summed E-state index contributed by atoms with van der Waals surface area (Å²) >= 11 is 0. The van der Waals surface area contributed by atoms with Crippen molar-refractivity contribution >= 4 is 27.5 Å². The van der Waals surface area contributed by atoms with Gasteiger partial charge in [-0.25, -0.2) is 8.42 Å². The Kier molecular flexibility index (Phi) is 10.1. The average Bonchev–Trinajstić information content (AvgIpc) is 2.91. The van der Waals surface area contributed by atoms with Crippen LogP contribution >= 0.6 is 0 Å². The first kappa shape index (κ1) is 30.9. The Bertz CT molecular complexity index is 1430. The van der Waals surface area contributed by atoms with E-state index in [-0.39, 0.29) is 23.3 Å². The molecular formula is C32H41N3O4S. The molecule has 0 heterocycles. The molecule has 0 aromatic heterocycles. The summed E-state index contributed by atoms with van der Waals surface area (Å²) in [5.74, 6) is -0.507. The third kappa shape index (κ3) is 7.72. The predicted octanol–water partition coefficient (Wildman–Crippen LogP) is 5.31. The molecule has 0 fully saturated rings. The van der Waals surface area contributed by atoms with Crippen LogP contribution < -0.4 is 9.62 Å². The molecule has 0 aliphatic rings. The summed E-state index contributed by atoms with van der Waals surface area (Å²) in [4.78, 5) is 28.6. The topological polar surface area (TPSA) is 86.8 Å². The highest BCUT2D eigenvalue weighted by Crippen LogP contribution is 2.27. The number of hydrogen-bond acceptors (Lipinski definition) is 4. The summed E-state index contributed by atoms with van der Waals surface area (Å²) in [6.07, 6.45) is 0. The summed E-state index contributed by atoms with van der Waals surface area (Å²) in [6, 6.07) is 18.8. The summed E-state index contributed by atoms with van der Waals surface area (Å²) in [6.45, 7) is 13.6. The number of hydrogen-bond donors (Lipinski definition) is 1. The second-order valence-electron chi connectivity index (χ2n) is 10.9. The maximum atomic E-state index is 14.0. The Hall–Kier alpha value is -3.65. The van der Waals surface area contributed by atoms with Crippen LogP contribution in [0.4, 0.5) is 5.69 Å². The Morgan fingerprint density at radius 2 is 1.38 bits per heavy atom. The number of anilines is 1. The van der Waals surface area contributed by atoms with Crippen molar-refractivity contribution in [2.75, 3.05) is 17.4 Å². The largest absolute Gasteiger partial charge is 0.354 e. The van der Waals surface area contributed by atoms with Gasteiger partial charge in [0.25, 0.3) is 10.0 Å². The number of nitrogens with zero attached hydrogens (tertiary/aromatic N) is 2. The molecule has 8 heteroatoms. The van der Waals surface area contributed by atoms with Gasteiger partial charge in [-0.05, 0) is 81.5 Å². The van der Waals surface area contributed by atoms with Crippen LogP contribution in [0.5, 0.6) is 0 Å². The number of benzene rings is 3. The number of carbonyl (C=O) groups excluding carboxylic acids is 2. The lowest BCUT2D eigenvalue weighted by molar-refractivity contribution is -0.139. The van der Waals surface area contributed by atoms with E-state index in [9.17, 15) is 18.0 Å². The van der Waals surface area contributed by atoms with Crippen LogP contribution in [0.15, 0.2) is 71.6 Å². The molecule has 0 radical (unpaired) electrons. The van der Waals surface area contributed by atoms with Crippen LogP contribution in [0.1, 0.15) is 48.6 Å². The lowest BCUT2D eigenvalue weighted by Gasteiger charge is -2.32. The minimum atomic E-state index is -4.09. The second-order valence-corrected chi connectivity index (χ2v) is 12.8. The Balaban J connectivity index is 2.03. The molecule has 3 rings (SSSR count). The van der Waals surface area contributed by atoms with Gasteiger partial charge in [0.05, 0.1) is 10.6 Å². The molecule has 0 unspecified atom stereocenters. The number of nitrogens with one attached hydrogen (secondary N) is 1. The van der Waals surface area contributed by atoms with E-state index in [0.29, 0.717) is 12.2 Å². The molecule has 0 saturated carbocycles. The van der Waals surface area contributed by atoms with E-state index >= 15 is 0 Å². The van der Waals surface area contributed by atoms with Crippen molar-refractivity contribution in [3.8, 4) is 0 Å². The smallest absolute Gasteiger partial charge is 0.264 e. The van der Waals surface area contributed by atoms with Crippen molar-refractivity contribution in [3.63, 3.8) is 0 Å². The van der Waals surface area contributed by atoms with E-state index < -0.39 is 28.5 Å². The molecule has 0 spiro atoms. The highest BCUT2D eigenvalue weighted by molar-refractivity contribution is 7.92.